The molecule has 4 aromatic rings. The third kappa shape index (κ3) is 7.80. The molecule has 0 aliphatic rings. The van der Waals surface area contributed by atoms with Gasteiger partial charge in [-0.3, -0.25) is 4.79 Å². The third-order valence-electron chi connectivity index (χ3n) is 7.31. The first-order valence-corrected chi connectivity index (χ1v) is 15.2. The number of nitrogens with one attached hydrogen (secondary N) is 1. The van der Waals surface area contributed by atoms with Gasteiger partial charge in [-0.2, -0.15) is 0 Å². The van der Waals surface area contributed by atoms with E-state index in [1.165, 1.54) is 0 Å². The highest BCUT2D eigenvalue weighted by atomic mass is 32.2. The molecule has 0 aliphatic carbocycles. The lowest BCUT2D eigenvalue weighted by Gasteiger charge is -2.34. The molecule has 0 saturated heterocycles. The van der Waals surface area contributed by atoms with Crippen molar-refractivity contribution in [3.8, 4) is 0 Å². The minimum atomic E-state index is -4.38. The number of hydrogen-bond acceptors (Lipinski definition) is 7. The van der Waals surface area contributed by atoms with Crippen molar-refractivity contribution in [1.29, 1.82) is 0 Å². The quantitative estimate of drug-likeness (QED) is 0.207. The monoisotopic (exact) mass is 577 g/mol. The summed E-state index contributed by atoms with van der Waals surface area (Å²) in [7, 11) is -4.38. The molecule has 10 heteroatoms. The van der Waals surface area contributed by atoms with E-state index in [1.54, 1.807) is 31.2 Å². The highest BCUT2D eigenvalue weighted by Gasteiger charge is 2.45. The first-order chi connectivity index (χ1) is 19.7. The van der Waals surface area contributed by atoms with Crippen LogP contribution in [0.2, 0.25) is 0 Å². The van der Waals surface area contributed by atoms with Gasteiger partial charge in [0.25, 0.3) is 5.89 Å². The highest BCUT2D eigenvalue weighted by Crippen LogP contribution is 2.30. The average Bonchev–Trinajstić information content (AvgIpc) is 3.41. The zero-order valence-corrected chi connectivity index (χ0v) is 23.9. The summed E-state index contributed by atoms with van der Waals surface area (Å²) in [6, 6.07) is 24.4. The number of para-hydroxylation sites is 2. The molecule has 1 aromatic heterocycles. The molecule has 0 fully saturated rings. The molecule has 1 amide bonds. The first-order valence-electron chi connectivity index (χ1n) is 13.6. The van der Waals surface area contributed by atoms with Crippen molar-refractivity contribution < 1.29 is 27.2 Å². The third-order valence-corrected chi connectivity index (χ3v) is 8.69. The van der Waals surface area contributed by atoms with Gasteiger partial charge < -0.3 is 14.5 Å². The van der Waals surface area contributed by atoms with E-state index in [-0.39, 0.29) is 24.8 Å². The summed E-state index contributed by atoms with van der Waals surface area (Å²) in [4.78, 5) is 31.3. The fourth-order valence-electron chi connectivity index (χ4n) is 4.93. The molecule has 1 heterocycles. The van der Waals surface area contributed by atoms with Crippen LogP contribution in [0.3, 0.4) is 0 Å². The molecule has 4 atom stereocenters. The smallest absolute Gasteiger partial charge is 0.407 e. The average molecular weight is 578 g/mol. The number of oxazole rings is 1. The number of aromatic nitrogens is 1. The van der Waals surface area contributed by atoms with E-state index in [0.29, 0.717) is 23.9 Å². The molecular formula is C31H35N3O6S. The number of Topliss-reactive ketones (excluding diaryl/α,β-unsaturated/α-hetero) is 1. The molecule has 4 rings (SSSR count). The normalized spacial score (nSPS) is 14.6. The highest BCUT2D eigenvalue weighted by molar-refractivity contribution is 7.89. The summed E-state index contributed by atoms with van der Waals surface area (Å²) in [5.41, 5.74) is 2.58. The van der Waals surface area contributed by atoms with E-state index in [4.69, 9.17) is 14.3 Å². The number of amides is 1. The number of primary sulfonamides is 1. The van der Waals surface area contributed by atoms with Gasteiger partial charge in [0.1, 0.15) is 17.4 Å². The van der Waals surface area contributed by atoms with Gasteiger partial charge >= 0.3 is 6.09 Å². The fraction of sp³-hybridized carbons (Fsp3) is 0.323. The van der Waals surface area contributed by atoms with Crippen LogP contribution in [0, 0.1) is 11.8 Å². The maximum atomic E-state index is 14.0. The first kappa shape index (κ1) is 30.0. The zero-order chi connectivity index (χ0) is 29.4. The second-order valence-corrected chi connectivity index (χ2v) is 11.9. The SMILES string of the molecule is CCC(C)C(NC(=O)OCc1ccccc1)C(C(CCc1ccccc1)C(=O)c1nc2ccccc2o1)S(N)(=O)=O. The Balaban J connectivity index is 1.69. The summed E-state index contributed by atoms with van der Waals surface area (Å²) < 4.78 is 37.8. The van der Waals surface area contributed by atoms with E-state index in [2.05, 4.69) is 10.3 Å². The van der Waals surface area contributed by atoms with E-state index in [9.17, 15) is 18.0 Å². The fourth-order valence-corrected chi connectivity index (χ4v) is 6.40. The maximum absolute atomic E-state index is 14.0. The van der Waals surface area contributed by atoms with Gasteiger partial charge in [0.05, 0.1) is 6.04 Å². The Morgan fingerprint density at radius 1 is 0.951 bits per heavy atom. The Hall–Kier alpha value is -4.02. The van der Waals surface area contributed by atoms with Crippen molar-refractivity contribution in [2.45, 2.75) is 51.0 Å². The van der Waals surface area contributed by atoms with E-state index in [1.807, 2.05) is 67.6 Å². The van der Waals surface area contributed by atoms with Crippen molar-refractivity contribution in [2.75, 3.05) is 0 Å². The van der Waals surface area contributed by atoms with Crippen molar-refractivity contribution in [3.63, 3.8) is 0 Å². The molecule has 0 bridgehead atoms. The number of benzene rings is 3. The summed E-state index contributed by atoms with van der Waals surface area (Å²) in [6.45, 7) is 3.67. The molecular weight excluding hydrogens is 542 g/mol. The number of ether oxygens (including phenoxy) is 1. The predicted octanol–water partition coefficient (Wildman–Crippen LogP) is 5.26. The molecule has 0 aliphatic heterocycles. The molecule has 41 heavy (non-hydrogen) atoms. The minimum Gasteiger partial charge on any atom is -0.445 e. The topological polar surface area (TPSA) is 142 Å². The molecule has 0 radical (unpaired) electrons. The number of aryl methyl sites for hydroxylation is 1. The summed E-state index contributed by atoms with van der Waals surface area (Å²) in [5.74, 6) is -2.32. The largest absolute Gasteiger partial charge is 0.445 e. The maximum Gasteiger partial charge on any atom is 0.407 e. The molecule has 9 nitrogen and oxygen atoms in total. The number of rotatable bonds is 13. The van der Waals surface area contributed by atoms with Gasteiger partial charge in [0.2, 0.25) is 15.8 Å². The summed E-state index contributed by atoms with van der Waals surface area (Å²) in [5, 5.41) is 7.12. The molecule has 0 spiro atoms. The number of fused-ring (bicyclic) bond motifs is 1. The van der Waals surface area contributed by atoms with E-state index < -0.39 is 39.1 Å². The Morgan fingerprint density at radius 2 is 1.56 bits per heavy atom. The van der Waals surface area contributed by atoms with Gasteiger partial charge in [-0.15, -0.1) is 0 Å². The standard InChI is InChI=1S/C31H35N3O6S/c1-3-21(2)27(34-31(36)39-20-23-14-8-5-9-15-23)29(41(32,37)38)24(19-18-22-12-6-4-7-13-22)28(35)30-33-25-16-10-11-17-26(25)40-30/h4-17,21,24,27,29H,3,18-20H2,1-2H3,(H,34,36)(H2,32,37,38). The van der Waals surface area contributed by atoms with Crippen molar-refractivity contribution in [2.24, 2.45) is 17.0 Å². The van der Waals surface area contributed by atoms with Crippen LogP contribution in [0.1, 0.15) is 48.5 Å². The van der Waals surface area contributed by atoms with Crippen LogP contribution in [-0.4, -0.2) is 36.6 Å². The molecule has 216 valence electrons. The lowest BCUT2D eigenvalue weighted by Crippen LogP contribution is -2.56. The van der Waals surface area contributed by atoms with E-state index in [0.717, 1.165) is 11.1 Å². The number of sulfonamides is 1. The van der Waals surface area contributed by atoms with Gasteiger partial charge in [-0.1, -0.05) is 93.1 Å². The van der Waals surface area contributed by atoms with Crippen LogP contribution in [0.5, 0.6) is 0 Å². The van der Waals surface area contributed by atoms with Crippen LogP contribution in [0.15, 0.2) is 89.3 Å². The lowest BCUT2D eigenvalue weighted by molar-refractivity contribution is 0.0850. The Bertz CT molecular complexity index is 1520. The second-order valence-electron chi connectivity index (χ2n) is 10.2. The van der Waals surface area contributed by atoms with Crippen LogP contribution < -0.4 is 10.5 Å². The number of carbonyl (C=O) groups excluding carboxylic acids is 2. The molecule has 3 aromatic carbocycles. The Kier molecular flexibility index (Phi) is 9.91. The summed E-state index contributed by atoms with van der Waals surface area (Å²) >= 11 is 0. The van der Waals surface area contributed by atoms with Crippen LogP contribution in [0.25, 0.3) is 11.1 Å². The molecule has 4 unspecified atom stereocenters. The number of ketones is 1. The lowest BCUT2D eigenvalue weighted by atomic mass is 9.84. The number of carbonyl (C=O) groups is 2. The Labute approximate surface area is 240 Å². The van der Waals surface area contributed by atoms with Crippen LogP contribution >= 0.6 is 0 Å². The van der Waals surface area contributed by atoms with Crippen LogP contribution in [0.4, 0.5) is 4.79 Å². The number of alkyl carbamates (subject to hydrolysis) is 1. The molecule has 3 N–H and O–H groups in total. The van der Waals surface area contributed by atoms with Crippen LogP contribution in [-0.2, 0) is 27.8 Å². The summed E-state index contributed by atoms with van der Waals surface area (Å²) in [6.07, 6.45) is 0.243. The van der Waals surface area contributed by atoms with Crippen molar-refractivity contribution in [3.05, 3.63) is 102 Å². The number of nitrogens with zero attached hydrogens (tertiary/aromatic N) is 1. The van der Waals surface area contributed by atoms with E-state index >= 15 is 0 Å². The van der Waals surface area contributed by atoms with Gasteiger partial charge in [-0.05, 0) is 42.0 Å². The second kappa shape index (κ2) is 13.6. The van der Waals surface area contributed by atoms with Crippen molar-refractivity contribution in [1.82, 2.24) is 10.3 Å². The van der Waals surface area contributed by atoms with Gasteiger partial charge in [0.15, 0.2) is 5.58 Å². The van der Waals surface area contributed by atoms with Gasteiger partial charge in [0, 0.05) is 5.92 Å². The minimum absolute atomic E-state index is 0.000782. The number of hydrogen-bond donors (Lipinski definition) is 2. The van der Waals surface area contributed by atoms with Crippen molar-refractivity contribution >= 4 is 33.0 Å². The van der Waals surface area contributed by atoms with Gasteiger partial charge in [-0.25, -0.2) is 23.3 Å². The zero-order valence-electron chi connectivity index (χ0n) is 23.1. The predicted molar refractivity (Wildman–Crippen MR) is 156 cm³/mol. The Morgan fingerprint density at radius 3 is 2.17 bits per heavy atom. The number of nitrogens with two attached hydrogens (primary N) is 1. The molecule has 0 saturated carbocycles.